The molecular formula is C7Cl2F6O. The van der Waals surface area contributed by atoms with E-state index in [1.807, 2.05) is 0 Å². The molecule has 0 radical (unpaired) electrons. The van der Waals surface area contributed by atoms with Crippen LogP contribution in [-0.2, 0) is 0 Å². The third-order valence-corrected chi connectivity index (χ3v) is 2.06. The second kappa shape index (κ2) is 4.21. The van der Waals surface area contributed by atoms with Crippen molar-refractivity contribution in [2.24, 2.45) is 0 Å². The number of halogens is 8. The summed E-state index contributed by atoms with van der Waals surface area (Å²) in [5.74, 6) is -7.62. The zero-order valence-corrected chi connectivity index (χ0v) is 8.44. The van der Waals surface area contributed by atoms with Crippen molar-refractivity contribution in [1.82, 2.24) is 0 Å². The van der Waals surface area contributed by atoms with Crippen molar-refractivity contribution in [3.63, 3.8) is 0 Å². The minimum atomic E-state index is -5.26. The first-order valence-corrected chi connectivity index (χ1v) is 4.18. The molecule has 0 N–H and O–H groups in total. The average molecular weight is 285 g/mol. The molecule has 1 aromatic rings. The van der Waals surface area contributed by atoms with Gasteiger partial charge in [0.1, 0.15) is 10.0 Å². The van der Waals surface area contributed by atoms with Crippen molar-refractivity contribution in [2.75, 3.05) is 0 Å². The Balaban J connectivity index is 3.40. The van der Waals surface area contributed by atoms with E-state index < -0.39 is 39.6 Å². The molecule has 0 bridgehead atoms. The third kappa shape index (κ3) is 2.46. The highest BCUT2D eigenvalue weighted by molar-refractivity contribution is 6.37. The molecule has 0 aliphatic carbocycles. The van der Waals surface area contributed by atoms with Gasteiger partial charge < -0.3 is 4.74 Å². The van der Waals surface area contributed by atoms with Gasteiger partial charge in [-0.05, 0) is 0 Å². The number of benzene rings is 1. The molecule has 0 aliphatic rings. The highest BCUT2D eigenvalue weighted by atomic mass is 35.5. The third-order valence-electron chi connectivity index (χ3n) is 1.39. The fraction of sp³-hybridized carbons (Fsp3) is 0.143. The molecule has 1 aromatic carbocycles. The van der Waals surface area contributed by atoms with Crippen LogP contribution in [0.25, 0.3) is 0 Å². The van der Waals surface area contributed by atoms with Crippen LogP contribution in [-0.4, -0.2) is 6.36 Å². The first kappa shape index (κ1) is 13.2. The van der Waals surface area contributed by atoms with E-state index in [0.717, 1.165) is 0 Å². The number of rotatable bonds is 1. The van der Waals surface area contributed by atoms with Gasteiger partial charge in [0.25, 0.3) is 0 Å². The largest absolute Gasteiger partial charge is 0.573 e. The van der Waals surface area contributed by atoms with Crippen LogP contribution in [0.2, 0.25) is 10.0 Å². The molecule has 0 spiro atoms. The van der Waals surface area contributed by atoms with Gasteiger partial charge in [-0.15, -0.1) is 13.2 Å². The predicted molar refractivity (Wildman–Crippen MR) is 43.0 cm³/mol. The van der Waals surface area contributed by atoms with E-state index >= 15 is 0 Å². The summed E-state index contributed by atoms with van der Waals surface area (Å²) in [5.41, 5.74) is 0. The van der Waals surface area contributed by atoms with Gasteiger partial charge in [0.15, 0.2) is 23.2 Å². The Morgan fingerprint density at radius 2 is 1.19 bits per heavy atom. The summed E-state index contributed by atoms with van der Waals surface area (Å²) < 4.78 is 76.6. The van der Waals surface area contributed by atoms with Crippen molar-refractivity contribution in [2.45, 2.75) is 6.36 Å². The lowest BCUT2D eigenvalue weighted by atomic mass is 10.3. The fourth-order valence-corrected chi connectivity index (χ4v) is 1.27. The van der Waals surface area contributed by atoms with Crippen molar-refractivity contribution < 1.29 is 31.1 Å². The molecule has 0 fully saturated rings. The molecule has 0 saturated carbocycles. The minimum absolute atomic E-state index is 1.39. The molecule has 9 heteroatoms. The summed E-state index contributed by atoms with van der Waals surface area (Å²) >= 11 is 9.98. The SMILES string of the molecule is Fc1c(F)c(Cl)c(OC(F)(F)F)c(Cl)c1F. The summed E-state index contributed by atoms with van der Waals surface area (Å²) in [7, 11) is 0. The number of ether oxygens (including phenoxy) is 1. The van der Waals surface area contributed by atoms with Crippen LogP contribution in [0.15, 0.2) is 0 Å². The molecule has 0 aromatic heterocycles. The van der Waals surface area contributed by atoms with Gasteiger partial charge in [0.2, 0.25) is 0 Å². The van der Waals surface area contributed by atoms with Gasteiger partial charge >= 0.3 is 6.36 Å². The van der Waals surface area contributed by atoms with E-state index in [-0.39, 0.29) is 0 Å². The molecule has 0 unspecified atom stereocenters. The maximum atomic E-state index is 12.8. The quantitative estimate of drug-likeness (QED) is 0.424. The number of hydrogen-bond donors (Lipinski definition) is 0. The second-order valence-corrected chi connectivity index (χ2v) is 3.20. The van der Waals surface area contributed by atoms with Gasteiger partial charge in [0, 0.05) is 0 Å². The first-order valence-electron chi connectivity index (χ1n) is 3.42. The van der Waals surface area contributed by atoms with Crippen molar-refractivity contribution in [3.8, 4) is 5.75 Å². The lowest BCUT2D eigenvalue weighted by Crippen LogP contribution is -2.18. The summed E-state index contributed by atoms with van der Waals surface area (Å²) in [6.07, 6.45) is -5.26. The lowest BCUT2D eigenvalue weighted by Gasteiger charge is -2.13. The number of alkyl halides is 3. The fourth-order valence-electron chi connectivity index (χ4n) is 0.790. The Hall–Kier alpha value is -0.820. The molecule has 0 atom stereocenters. The van der Waals surface area contributed by atoms with Gasteiger partial charge in [-0.1, -0.05) is 23.2 Å². The number of hydrogen-bond acceptors (Lipinski definition) is 1. The molecule has 16 heavy (non-hydrogen) atoms. The maximum Gasteiger partial charge on any atom is 0.573 e. The topological polar surface area (TPSA) is 9.23 Å². The van der Waals surface area contributed by atoms with Gasteiger partial charge in [-0.3, -0.25) is 0 Å². The molecule has 1 rings (SSSR count). The molecule has 90 valence electrons. The van der Waals surface area contributed by atoms with Crippen LogP contribution in [0, 0.1) is 17.5 Å². The Bertz CT molecular complexity index is 401. The predicted octanol–water partition coefficient (Wildman–Crippen LogP) is 4.31. The summed E-state index contributed by atoms with van der Waals surface area (Å²) in [6.45, 7) is 0. The Labute approximate surface area is 94.5 Å². The Morgan fingerprint density at radius 3 is 1.50 bits per heavy atom. The standard InChI is InChI=1S/C7Cl2F6O/c8-1-3(10)5(12)4(11)2(9)6(1)16-7(13,14)15. The van der Waals surface area contributed by atoms with E-state index in [0.29, 0.717) is 0 Å². The molecule has 1 nitrogen and oxygen atoms in total. The van der Waals surface area contributed by atoms with Crippen LogP contribution < -0.4 is 4.74 Å². The van der Waals surface area contributed by atoms with Crippen LogP contribution in [0.1, 0.15) is 0 Å². The van der Waals surface area contributed by atoms with Crippen molar-refractivity contribution in [1.29, 1.82) is 0 Å². The lowest BCUT2D eigenvalue weighted by molar-refractivity contribution is -0.274. The highest BCUT2D eigenvalue weighted by Gasteiger charge is 2.36. The second-order valence-electron chi connectivity index (χ2n) is 2.45. The normalized spacial score (nSPS) is 11.8. The Kier molecular flexibility index (Phi) is 3.49. The van der Waals surface area contributed by atoms with E-state index in [2.05, 4.69) is 4.74 Å². The molecule has 0 saturated heterocycles. The summed E-state index contributed by atoms with van der Waals surface area (Å²) in [6, 6.07) is 0. The van der Waals surface area contributed by atoms with Crippen LogP contribution in [0.5, 0.6) is 5.75 Å². The van der Waals surface area contributed by atoms with E-state index in [1.165, 1.54) is 0 Å². The van der Waals surface area contributed by atoms with E-state index in [4.69, 9.17) is 23.2 Å². The van der Waals surface area contributed by atoms with E-state index in [9.17, 15) is 26.3 Å². The minimum Gasteiger partial charge on any atom is -0.402 e. The van der Waals surface area contributed by atoms with Crippen LogP contribution >= 0.6 is 23.2 Å². The summed E-state index contributed by atoms with van der Waals surface area (Å²) in [5, 5.41) is -2.78. The molecule has 0 heterocycles. The van der Waals surface area contributed by atoms with Crippen molar-refractivity contribution in [3.05, 3.63) is 27.5 Å². The van der Waals surface area contributed by atoms with Gasteiger partial charge in [-0.2, -0.15) is 0 Å². The van der Waals surface area contributed by atoms with Crippen molar-refractivity contribution >= 4 is 23.2 Å². The zero-order valence-electron chi connectivity index (χ0n) is 6.93. The smallest absolute Gasteiger partial charge is 0.402 e. The molecule has 0 amide bonds. The van der Waals surface area contributed by atoms with Crippen LogP contribution in [0.4, 0.5) is 26.3 Å². The maximum absolute atomic E-state index is 12.8. The van der Waals surface area contributed by atoms with Gasteiger partial charge in [0.05, 0.1) is 0 Å². The molecular weight excluding hydrogens is 285 g/mol. The van der Waals surface area contributed by atoms with Crippen LogP contribution in [0.3, 0.4) is 0 Å². The zero-order chi connectivity index (χ0) is 12.7. The average Bonchev–Trinajstić information content (AvgIpc) is 2.17. The highest BCUT2D eigenvalue weighted by Crippen LogP contribution is 2.41. The van der Waals surface area contributed by atoms with E-state index in [1.54, 1.807) is 0 Å². The molecule has 0 aliphatic heterocycles. The summed E-state index contributed by atoms with van der Waals surface area (Å²) in [4.78, 5) is 0. The van der Waals surface area contributed by atoms with Gasteiger partial charge in [-0.25, -0.2) is 13.2 Å². The monoisotopic (exact) mass is 284 g/mol. The Morgan fingerprint density at radius 1 is 0.812 bits per heavy atom. The first-order chi connectivity index (χ1) is 7.15.